The van der Waals surface area contributed by atoms with Gasteiger partial charge in [0.15, 0.2) is 5.43 Å². The number of hydrogen-bond donors (Lipinski definition) is 1. The van der Waals surface area contributed by atoms with Crippen LogP contribution in [0.1, 0.15) is 11.1 Å². The fraction of sp³-hybridized carbons (Fsp3) is 0.0556. The molecule has 0 aliphatic heterocycles. The minimum absolute atomic E-state index is 0.166. The molecule has 3 rings (SSSR count). The third kappa shape index (κ3) is 3.35. The second-order valence-electron chi connectivity index (χ2n) is 5.08. The Labute approximate surface area is 132 Å². The zero-order valence-electron chi connectivity index (χ0n) is 12.4. The maximum Gasteiger partial charge on any atom is 0.248 e. The number of fused-ring (bicyclic) bond motifs is 1. The molecule has 1 amide bonds. The number of carbonyl (C=O) groups is 1. The van der Waals surface area contributed by atoms with Crippen LogP contribution in [0, 0.1) is 6.92 Å². The SMILES string of the molecule is Cc1ccc2occ(/C=C/C(=O)Nc3cccnc3)c(=O)c2c1. The molecule has 2 aromatic heterocycles. The first-order valence-corrected chi connectivity index (χ1v) is 7.05. The zero-order chi connectivity index (χ0) is 16.2. The Hall–Kier alpha value is -3.21. The number of aromatic nitrogens is 1. The van der Waals surface area contributed by atoms with Gasteiger partial charge in [0.2, 0.25) is 5.91 Å². The van der Waals surface area contributed by atoms with Gasteiger partial charge in [-0.25, -0.2) is 0 Å². The Morgan fingerprint density at radius 3 is 2.96 bits per heavy atom. The number of nitrogens with zero attached hydrogens (tertiary/aromatic N) is 1. The van der Waals surface area contributed by atoms with Crippen molar-refractivity contribution in [3.8, 4) is 0 Å². The van der Waals surface area contributed by atoms with Crippen LogP contribution in [0.3, 0.4) is 0 Å². The van der Waals surface area contributed by atoms with Crippen molar-refractivity contribution < 1.29 is 9.21 Å². The molecule has 0 aliphatic carbocycles. The molecule has 5 heteroatoms. The van der Waals surface area contributed by atoms with E-state index in [1.54, 1.807) is 36.7 Å². The number of benzene rings is 1. The first-order valence-electron chi connectivity index (χ1n) is 7.05. The number of amides is 1. The molecule has 5 nitrogen and oxygen atoms in total. The Morgan fingerprint density at radius 2 is 2.17 bits per heavy atom. The van der Waals surface area contributed by atoms with E-state index in [-0.39, 0.29) is 11.3 Å². The molecule has 3 aromatic rings. The molecule has 2 heterocycles. The Kier molecular flexibility index (Phi) is 4.01. The highest BCUT2D eigenvalue weighted by atomic mass is 16.3. The van der Waals surface area contributed by atoms with E-state index in [4.69, 9.17) is 4.42 Å². The van der Waals surface area contributed by atoms with Gasteiger partial charge in [-0.2, -0.15) is 0 Å². The predicted molar refractivity (Wildman–Crippen MR) is 89.1 cm³/mol. The molecule has 1 N–H and O–H groups in total. The molecule has 0 fully saturated rings. The summed E-state index contributed by atoms with van der Waals surface area (Å²) in [4.78, 5) is 28.2. The lowest BCUT2D eigenvalue weighted by atomic mass is 10.1. The van der Waals surface area contributed by atoms with Crippen LogP contribution in [0.2, 0.25) is 0 Å². The average molecular weight is 306 g/mol. The Bertz CT molecular complexity index is 943. The lowest BCUT2D eigenvalue weighted by Gasteiger charge is -2.01. The summed E-state index contributed by atoms with van der Waals surface area (Å²) < 4.78 is 5.44. The average Bonchev–Trinajstić information content (AvgIpc) is 2.56. The van der Waals surface area contributed by atoms with Crippen molar-refractivity contribution in [2.45, 2.75) is 6.92 Å². The Morgan fingerprint density at radius 1 is 1.30 bits per heavy atom. The number of hydrogen-bond acceptors (Lipinski definition) is 4. The number of nitrogens with one attached hydrogen (secondary N) is 1. The molecule has 0 bridgehead atoms. The van der Waals surface area contributed by atoms with E-state index < -0.39 is 0 Å². The van der Waals surface area contributed by atoms with Gasteiger partial charge < -0.3 is 9.73 Å². The van der Waals surface area contributed by atoms with Crippen molar-refractivity contribution in [2.75, 3.05) is 5.32 Å². The fourth-order valence-corrected chi connectivity index (χ4v) is 2.16. The van der Waals surface area contributed by atoms with Crippen LogP contribution in [0.25, 0.3) is 17.0 Å². The number of pyridine rings is 1. The maximum atomic E-state index is 12.4. The summed E-state index contributed by atoms with van der Waals surface area (Å²) in [5.74, 6) is -0.346. The van der Waals surface area contributed by atoms with Gasteiger partial charge in [-0.3, -0.25) is 14.6 Å². The monoisotopic (exact) mass is 306 g/mol. The lowest BCUT2D eigenvalue weighted by Crippen LogP contribution is -2.09. The van der Waals surface area contributed by atoms with Crippen LogP contribution >= 0.6 is 0 Å². The van der Waals surface area contributed by atoms with E-state index in [1.165, 1.54) is 18.4 Å². The zero-order valence-corrected chi connectivity index (χ0v) is 12.4. The summed E-state index contributed by atoms with van der Waals surface area (Å²) in [5.41, 5.74) is 2.24. The van der Waals surface area contributed by atoms with E-state index in [1.807, 2.05) is 13.0 Å². The normalized spacial score (nSPS) is 11.0. The molecule has 0 atom stereocenters. The van der Waals surface area contributed by atoms with Gasteiger partial charge in [-0.15, -0.1) is 0 Å². The third-order valence-electron chi connectivity index (χ3n) is 3.30. The first-order chi connectivity index (χ1) is 11.1. The topological polar surface area (TPSA) is 72.2 Å². The molecule has 0 unspecified atom stereocenters. The fourth-order valence-electron chi connectivity index (χ4n) is 2.16. The van der Waals surface area contributed by atoms with Crippen molar-refractivity contribution in [3.63, 3.8) is 0 Å². The van der Waals surface area contributed by atoms with Gasteiger partial charge in [-0.05, 0) is 37.3 Å². The molecule has 0 saturated carbocycles. The highest BCUT2D eigenvalue weighted by Crippen LogP contribution is 2.14. The van der Waals surface area contributed by atoms with E-state index >= 15 is 0 Å². The molecule has 114 valence electrons. The molecule has 23 heavy (non-hydrogen) atoms. The molecule has 1 aromatic carbocycles. The van der Waals surface area contributed by atoms with Gasteiger partial charge >= 0.3 is 0 Å². The van der Waals surface area contributed by atoms with Crippen LogP contribution < -0.4 is 10.7 Å². The lowest BCUT2D eigenvalue weighted by molar-refractivity contribution is -0.111. The smallest absolute Gasteiger partial charge is 0.248 e. The quantitative estimate of drug-likeness (QED) is 0.754. The summed E-state index contributed by atoms with van der Waals surface area (Å²) in [6.45, 7) is 1.91. The summed E-state index contributed by atoms with van der Waals surface area (Å²) in [6.07, 6.45) is 7.25. The second kappa shape index (κ2) is 6.27. The summed E-state index contributed by atoms with van der Waals surface area (Å²) in [5, 5.41) is 3.16. The molecular formula is C18H14N2O3. The van der Waals surface area contributed by atoms with E-state index in [0.29, 0.717) is 22.2 Å². The number of aryl methyl sites for hydroxylation is 1. The van der Waals surface area contributed by atoms with Crippen LogP contribution in [-0.4, -0.2) is 10.9 Å². The largest absolute Gasteiger partial charge is 0.463 e. The molecular weight excluding hydrogens is 292 g/mol. The van der Waals surface area contributed by atoms with Crippen molar-refractivity contribution >= 4 is 28.6 Å². The van der Waals surface area contributed by atoms with E-state index in [9.17, 15) is 9.59 Å². The number of anilines is 1. The van der Waals surface area contributed by atoms with Crippen LogP contribution in [0.15, 0.2) is 64.3 Å². The minimum Gasteiger partial charge on any atom is -0.463 e. The first kappa shape index (κ1) is 14.7. The van der Waals surface area contributed by atoms with Crippen LogP contribution in [0.5, 0.6) is 0 Å². The highest BCUT2D eigenvalue weighted by molar-refractivity contribution is 6.01. The van der Waals surface area contributed by atoms with Gasteiger partial charge in [0.25, 0.3) is 0 Å². The molecule has 0 aliphatic rings. The maximum absolute atomic E-state index is 12.4. The van der Waals surface area contributed by atoms with Gasteiger partial charge in [-0.1, -0.05) is 11.6 Å². The number of carbonyl (C=O) groups excluding carboxylic acids is 1. The van der Waals surface area contributed by atoms with Crippen molar-refractivity contribution in [2.24, 2.45) is 0 Å². The van der Waals surface area contributed by atoms with Crippen LogP contribution in [0.4, 0.5) is 5.69 Å². The molecule has 0 radical (unpaired) electrons. The van der Waals surface area contributed by atoms with Crippen molar-refractivity contribution in [1.29, 1.82) is 0 Å². The number of rotatable bonds is 3. The standard InChI is InChI=1S/C18H14N2O3/c1-12-4-6-16-15(9-12)18(22)13(11-23-16)5-7-17(21)20-14-3-2-8-19-10-14/h2-11H,1H3,(H,20,21)/b7-5+. The Balaban J connectivity index is 1.85. The second-order valence-corrected chi connectivity index (χ2v) is 5.08. The van der Waals surface area contributed by atoms with Gasteiger partial charge in [0, 0.05) is 12.3 Å². The van der Waals surface area contributed by atoms with E-state index in [2.05, 4.69) is 10.3 Å². The minimum atomic E-state index is -0.346. The highest BCUT2D eigenvalue weighted by Gasteiger charge is 2.05. The molecule has 0 spiro atoms. The summed E-state index contributed by atoms with van der Waals surface area (Å²) in [6, 6.07) is 8.86. The molecule has 0 saturated heterocycles. The van der Waals surface area contributed by atoms with Crippen molar-refractivity contribution in [3.05, 3.63) is 76.4 Å². The third-order valence-corrected chi connectivity index (χ3v) is 3.30. The van der Waals surface area contributed by atoms with Gasteiger partial charge in [0.05, 0.1) is 22.8 Å². The van der Waals surface area contributed by atoms with Crippen LogP contribution in [-0.2, 0) is 4.79 Å². The van der Waals surface area contributed by atoms with Crippen molar-refractivity contribution in [1.82, 2.24) is 4.98 Å². The van der Waals surface area contributed by atoms with E-state index in [0.717, 1.165) is 5.56 Å². The predicted octanol–water partition coefficient (Wildman–Crippen LogP) is 3.15. The summed E-state index contributed by atoms with van der Waals surface area (Å²) >= 11 is 0. The van der Waals surface area contributed by atoms with Gasteiger partial charge in [0.1, 0.15) is 11.8 Å². The summed E-state index contributed by atoms with van der Waals surface area (Å²) in [7, 11) is 0.